The SMILES string of the molecule is CC[PH+](CC)c1ccccc1.[Ru]. The molecule has 0 saturated carbocycles. The van der Waals surface area contributed by atoms with E-state index in [1.54, 1.807) is 5.30 Å². The summed E-state index contributed by atoms with van der Waals surface area (Å²) >= 11 is 0. The molecule has 0 aliphatic rings. The first-order valence-electron chi connectivity index (χ1n) is 4.28. The molecular weight excluding hydrogens is 252 g/mol. The van der Waals surface area contributed by atoms with Gasteiger partial charge < -0.3 is 0 Å². The number of hydrogen-bond donors (Lipinski definition) is 0. The van der Waals surface area contributed by atoms with Gasteiger partial charge in [-0.2, -0.15) is 0 Å². The van der Waals surface area contributed by atoms with Crippen molar-refractivity contribution >= 4 is 13.2 Å². The van der Waals surface area contributed by atoms with Gasteiger partial charge in [-0.3, -0.25) is 0 Å². The van der Waals surface area contributed by atoms with Crippen molar-refractivity contribution in [2.75, 3.05) is 12.3 Å². The van der Waals surface area contributed by atoms with Crippen LogP contribution < -0.4 is 5.30 Å². The van der Waals surface area contributed by atoms with Crippen LogP contribution in [-0.4, -0.2) is 12.3 Å². The Balaban J connectivity index is 0.00000121. The Morgan fingerprint density at radius 1 is 1.00 bits per heavy atom. The molecule has 0 aliphatic carbocycles. The number of hydrogen-bond acceptors (Lipinski definition) is 0. The average molecular weight is 268 g/mol. The third kappa shape index (κ3) is 3.34. The van der Waals surface area contributed by atoms with E-state index in [9.17, 15) is 0 Å². The van der Waals surface area contributed by atoms with Crippen LogP contribution in [0.4, 0.5) is 0 Å². The van der Waals surface area contributed by atoms with Gasteiger partial charge in [0.1, 0.15) is 0 Å². The predicted octanol–water partition coefficient (Wildman–Crippen LogP) is 2.56. The average Bonchev–Trinajstić information content (AvgIpc) is 2.09. The normalized spacial score (nSPS) is 9.58. The fourth-order valence-electron chi connectivity index (χ4n) is 1.33. The van der Waals surface area contributed by atoms with Crippen LogP contribution in [0.3, 0.4) is 0 Å². The molecule has 0 aromatic heterocycles. The van der Waals surface area contributed by atoms with E-state index < -0.39 is 0 Å². The Labute approximate surface area is 89.3 Å². The quantitative estimate of drug-likeness (QED) is 0.584. The predicted molar refractivity (Wildman–Crippen MR) is 55.5 cm³/mol. The van der Waals surface area contributed by atoms with E-state index in [2.05, 4.69) is 44.2 Å². The minimum atomic E-state index is -0.201. The first kappa shape index (κ1) is 12.3. The van der Waals surface area contributed by atoms with Gasteiger partial charge in [0.05, 0.1) is 17.6 Å². The molecule has 0 fully saturated rings. The summed E-state index contributed by atoms with van der Waals surface area (Å²) < 4.78 is 0. The van der Waals surface area contributed by atoms with Crippen LogP contribution in [0.2, 0.25) is 0 Å². The summed E-state index contributed by atoms with van der Waals surface area (Å²) in [6.45, 7) is 4.59. The minimum absolute atomic E-state index is 0. The Morgan fingerprint density at radius 3 is 1.92 bits per heavy atom. The van der Waals surface area contributed by atoms with Crippen LogP contribution in [0.1, 0.15) is 13.8 Å². The monoisotopic (exact) mass is 269 g/mol. The summed E-state index contributed by atoms with van der Waals surface area (Å²) in [5, 5.41) is 1.59. The van der Waals surface area contributed by atoms with Gasteiger partial charge in [-0.05, 0) is 26.0 Å². The molecule has 0 nitrogen and oxygen atoms in total. The van der Waals surface area contributed by atoms with Gasteiger partial charge >= 0.3 is 0 Å². The topological polar surface area (TPSA) is 0 Å². The van der Waals surface area contributed by atoms with Crippen LogP contribution in [0.15, 0.2) is 30.3 Å². The van der Waals surface area contributed by atoms with E-state index in [0.717, 1.165) is 0 Å². The fourth-order valence-corrected chi connectivity index (χ4v) is 3.31. The van der Waals surface area contributed by atoms with Crippen LogP contribution in [0.25, 0.3) is 0 Å². The maximum absolute atomic E-state index is 2.30. The summed E-state index contributed by atoms with van der Waals surface area (Å²) in [4.78, 5) is 0. The van der Waals surface area contributed by atoms with E-state index in [1.165, 1.54) is 12.3 Å². The molecule has 0 bridgehead atoms. The van der Waals surface area contributed by atoms with Crippen molar-refractivity contribution in [2.24, 2.45) is 0 Å². The molecule has 0 amide bonds. The Hall–Kier alpha value is 0.273. The molecular formula is C10H16PRu+. The molecule has 2 heteroatoms. The van der Waals surface area contributed by atoms with Crippen molar-refractivity contribution in [3.63, 3.8) is 0 Å². The van der Waals surface area contributed by atoms with E-state index >= 15 is 0 Å². The largest absolute Gasteiger partial charge is 0.0914 e. The van der Waals surface area contributed by atoms with E-state index in [1.807, 2.05) is 0 Å². The van der Waals surface area contributed by atoms with Crippen LogP contribution >= 0.6 is 7.92 Å². The zero-order valence-corrected chi connectivity index (χ0v) is 10.4. The van der Waals surface area contributed by atoms with Gasteiger partial charge in [0, 0.05) is 27.4 Å². The van der Waals surface area contributed by atoms with Crippen molar-refractivity contribution in [3.8, 4) is 0 Å². The first-order chi connectivity index (χ1) is 5.38. The molecule has 0 heterocycles. The van der Waals surface area contributed by atoms with Gasteiger partial charge in [0.2, 0.25) is 0 Å². The molecule has 0 atom stereocenters. The Bertz CT molecular complexity index is 194. The van der Waals surface area contributed by atoms with Crippen molar-refractivity contribution in [2.45, 2.75) is 13.8 Å². The molecule has 0 unspecified atom stereocenters. The molecule has 1 aromatic carbocycles. The summed E-state index contributed by atoms with van der Waals surface area (Å²) in [7, 11) is -0.201. The second-order valence-corrected chi connectivity index (χ2v) is 5.88. The molecule has 12 heavy (non-hydrogen) atoms. The molecule has 0 radical (unpaired) electrons. The van der Waals surface area contributed by atoms with Crippen molar-refractivity contribution in [1.29, 1.82) is 0 Å². The fraction of sp³-hybridized carbons (Fsp3) is 0.400. The zero-order valence-electron chi connectivity index (χ0n) is 7.65. The van der Waals surface area contributed by atoms with Crippen molar-refractivity contribution in [1.82, 2.24) is 0 Å². The van der Waals surface area contributed by atoms with Gasteiger partial charge in [-0.25, -0.2) is 0 Å². The van der Waals surface area contributed by atoms with Gasteiger partial charge in [-0.1, -0.05) is 18.2 Å². The summed E-state index contributed by atoms with van der Waals surface area (Å²) in [6, 6.07) is 10.9. The number of benzene rings is 1. The van der Waals surface area contributed by atoms with Gasteiger partial charge in [-0.15, -0.1) is 0 Å². The van der Waals surface area contributed by atoms with Crippen LogP contribution in [-0.2, 0) is 19.5 Å². The molecule has 1 rings (SSSR count). The third-order valence-electron chi connectivity index (χ3n) is 2.04. The molecule has 0 aliphatic heterocycles. The molecule has 1 aromatic rings. The first-order valence-corrected chi connectivity index (χ1v) is 6.20. The molecule has 0 N–H and O–H groups in total. The Kier molecular flexibility index (Phi) is 6.91. The maximum Gasteiger partial charge on any atom is 0.0914 e. The standard InChI is InChI=1S/C10H15P.Ru/c1-3-11(4-2)10-8-6-5-7-9-10;/h5-9H,3-4H2,1-2H3;/p+1. The van der Waals surface area contributed by atoms with E-state index in [-0.39, 0.29) is 27.4 Å². The second-order valence-electron chi connectivity index (χ2n) is 2.68. The molecule has 0 spiro atoms. The summed E-state index contributed by atoms with van der Waals surface area (Å²) in [5.74, 6) is 0. The van der Waals surface area contributed by atoms with E-state index in [4.69, 9.17) is 0 Å². The zero-order chi connectivity index (χ0) is 8.10. The number of rotatable bonds is 3. The summed E-state index contributed by atoms with van der Waals surface area (Å²) in [6.07, 6.45) is 2.70. The Morgan fingerprint density at radius 2 is 1.50 bits per heavy atom. The minimum Gasteiger partial charge on any atom is -0.0620 e. The van der Waals surface area contributed by atoms with Crippen LogP contribution in [0, 0.1) is 0 Å². The third-order valence-corrected chi connectivity index (χ3v) is 4.89. The van der Waals surface area contributed by atoms with Crippen molar-refractivity contribution < 1.29 is 19.5 Å². The van der Waals surface area contributed by atoms with Crippen molar-refractivity contribution in [3.05, 3.63) is 30.3 Å². The van der Waals surface area contributed by atoms with Gasteiger partial charge in [0.15, 0.2) is 0 Å². The molecule has 0 saturated heterocycles. The smallest absolute Gasteiger partial charge is 0.0620 e. The molecule has 68 valence electrons. The van der Waals surface area contributed by atoms with E-state index in [0.29, 0.717) is 0 Å². The van der Waals surface area contributed by atoms with Crippen LogP contribution in [0.5, 0.6) is 0 Å². The van der Waals surface area contributed by atoms with Gasteiger partial charge in [0.25, 0.3) is 0 Å². The second kappa shape index (κ2) is 6.75. The summed E-state index contributed by atoms with van der Waals surface area (Å²) in [5.41, 5.74) is 0. The maximum atomic E-state index is 2.30.